The van der Waals surface area contributed by atoms with Crippen LogP contribution < -0.4 is 10.5 Å². The lowest BCUT2D eigenvalue weighted by molar-refractivity contribution is 0.198. The van der Waals surface area contributed by atoms with Gasteiger partial charge in [-0.3, -0.25) is 0 Å². The number of sulfonamides is 1. The van der Waals surface area contributed by atoms with Crippen LogP contribution in [0, 0.1) is 0 Å². The summed E-state index contributed by atoms with van der Waals surface area (Å²) >= 11 is 5.76. The van der Waals surface area contributed by atoms with E-state index in [0.29, 0.717) is 5.69 Å². The van der Waals surface area contributed by atoms with Crippen LogP contribution >= 0.6 is 11.6 Å². The molecule has 0 radical (unpaired) electrons. The highest BCUT2D eigenvalue weighted by molar-refractivity contribution is 7.89. The molecule has 0 aliphatic heterocycles. The number of hydrogen-bond donors (Lipinski definition) is 3. The van der Waals surface area contributed by atoms with Gasteiger partial charge in [-0.1, -0.05) is 11.6 Å². The summed E-state index contributed by atoms with van der Waals surface area (Å²) in [5.74, 6) is 0. The first-order valence-electron chi connectivity index (χ1n) is 4.55. The summed E-state index contributed by atoms with van der Waals surface area (Å²) in [5, 5.41) is 9.09. The number of nitrogen functional groups attached to an aromatic ring is 1. The number of rotatable bonds is 4. The lowest BCUT2D eigenvalue weighted by Crippen LogP contribution is -2.30. The number of aliphatic hydroxyl groups is 1. The maximum Gasteiger partial charge on any atom is 0.242 e. The smallest absolute Gasteiger partial charge is 0.242 e. The molecule has 0 aliphatic rings. The van der Waals surface area contributed by atoms with Crippen molar-refractivity contribution in [1.82, 2.24) is 4.72 Å². The molecule has 1 unspecified atom stereocenters. The first-order valence-corrected chi connectivity index (χ1v) is 6.42. The van der Waals surface area contributed by atoms with Gasteiger partial charge in [-0.05, 0) is 25.1 Å². The minimum Gasteiger partial charge on any atom is -0.399 e. The topological polar surface area (TPSA) is 92.4 Å². The van der Waals surface area contributed by atoms with E-state index in [1.807, 2.05) is 0 Å². The fourth-order valence-electron chi connectivity index (χ4n) is 1.03. The van der Waals surface area contributed by atoms with Crippen molar-refractivity contribution >= 4 is 27.3 Å². The molecule has 1 atom stereocenters. The van der Waals surface area contributed by atoms with E-state index in [9.17, 15) is 8.42 Å². The second-order valence-corrected chi connectivity index (χ2v) is 5.53. The fraction of sp³-hybridized carbons (Fsp3) is 0.333. The average molecular weight is 265 g/mol. The summed E-state index contributed by atoms with van der Waals surface area (Å²) in [4.78, 5) is -0.0881. The van der Waals surface area contributed by atoms with Crippen LogP contribution in [0.25, 0.3) is 0 Å². The first kappa shape index (κ1) is 13.2. The van der Waals surface area contributed by atoms with Crippen LogP contribution in [-0.2, 0) is 10.0 Å². The van der Waals surface area contributed by atoms with E-state index in [2.05, 4.69) is 4.72 Å². The summed E-state index contributed by atoms with van der Waals surface area (Å²) in [7, 11) is -3.73. The van der Waals surface area contributed by atoms with Crippen molar-refractivity contribution in [3.05, 3.63) is 23.2 Å². The minimum atomic E-state index is -3.73. The van der Waals surface area contributed by atoms with Gasteiger partial charge in [-0.15, -0.1) is 0 Å². The molecule has 7 heteroatoms. The summed E-state index contributed by atoms with van der Waals surface area (Å²) in [5.41, 5.74) is 5.79. The number of aliphatic hydroxyl groups excluding tert-OH is 1. The first-order chi connectivity index (χ1) is 7.33. The highest BCUT2D eigenvalue weighted by atomic mass is 35.5. The minimum absolute atomic E-state index is 0.0759. The van der Waals surface area contributed by atoms with E-state index >= 15 is 0 Å². The third-order valence-corrected chi connectivity index (χ3v) is 3.72. The largest absolute Gasteiger partial charge is 0.399 e. The maximum atomic E-state index is 11.7. The Labute approximate surface area is 99.3 Å². The van der Waals surface area contributed by atoms with E-state index in [1.54, 1.807) is 0 Å². The number of nitrogens with two attached hydrogens (primary N) is 1. The summed E-state index contributed by atoms with van der Waals surface area (Å²) in [6.07, 6.45) is -0.769. The molecule has 1 rings (SSSR count). The predicted molar refractivity (Wildman–Crippen MR) is 62.7 cm³/mol. The number of halogens is 1. The lowest BCUT2D eigenvalue weighted by Gasteiger charge is -2.10. The second kappa shape index (κ2) is 5.01. The van der Waals surface area contributed by atoms with E-state index in [0.717, 1.165) is 0 Å². The Morgan fingerprint density at radius 1 is 1.56 bits per heavy atom. The van der Waals surface area contributed by atoms with Crippen molar-refractivity contribution in [2.24, 2.45) is 0 Å². The highest BCUT2D eigenvalue weighted by Crippen LogP contribution is 2.23. The van der Waals surface area contributed by atoms with Gasteiger partial charge in [0.25, 0.3) is 0 Å². The standard InChI is InChI=1S/C9H13ClN2O3S/c1-6(13)5-12-16(14,15)9-4-7(11)2-3-8(9)10/h2-4,6,12-13H,5,11H2,1H3. The Hall–Kier alpha value is -0.820. The van der Waals surface area contributed by atoms with E-state index in [4.69, 9.17) is 22.4 Å². The second-order valence-electron chi connectivity index (χ2n) is 3.39. The van der Waals surface area contributed by atoms with Gasteiger partial charge in [-0.2, -0.15) is 0 Å². The van der Waals surface area contributed by atoms with Gasteiger partial charge in [0.2, 0.25) is 10.0 Å². The average Bonchev–Trinajstić information content (AvgIpc) is 2.19. The SMILES string of the molecule is CC(O)CNS(=O)(=O)c1cc(N)ccc1Cl. The van der Waals surface area contributed by atoms with Crippen molar-refractivity contribution < 1.29 is 13.5 Å². The van der Waals surface area contributed by atoms with Crippen LogP contribution in [0.2, 0.25) is 5.02 Å². The molecule has 1 aromatic rings. The number of nitrogens with one attached hydrogen (secondary N) is 1. The molecule has 0 amide bonds. The molecule has 16 heavy (non-hydrogen) atoms. The monoisotopic (exact) mass is 264 g/mol. The summed E-state index contributed by atoms with van der Waals surface area (Å²) in [6.45, 7) is 1.40. The Kier molecular flexibility index (Phi) is 4.15. The lowest BCUT2D eigenvalue weighted by atomic mass is 10.3. The van der Waals surface area contributed by atoms with Crippen LogP contribution in [0.1, 0.15) is 6.92 Å². The van der Waals surface area contributed by atoms with Crippen LogP contribution in [0.5, 0.6) is 0 Å². The van der Waals surface area contributed by atoms with Crippen molar-refractivity contribution in [2.45, 2.75) is 17.9 Å². The Morgan fingerprint density at radius 3 is 2.75 bits per heavy atom. The maximum absolute atomic E-state index is 11.7. The zero-order chi connectivity index (χ0) is 12.3. The molecule has 0 saturated carbocycles. The van der Waals surface area contributed by atoms with Gasteiger partial charge in [-0.25, -0.2) is 13.1 Å². The number of anilines is 1. The van der Waals surface area contributed by atoms with Gasteiger partial charge < -0.3 is 10.8 Å². The van der Waals surface area contributed by atoms with Crippen LogP contribution in [0.3, 0.4) is 0 Å². The Bertz CT molecular complexity index is 474. The van der Waals surface area contributed by atoms with Crippen molar-refractivity contribution in [1.29, 1.82) is 0 Å². The van der Waals surface area contributed by atoms with Crippen LogP contribution in [-0.4, -0.2) is 26.2 Å². The fourth-order valence-corrected chi connectivity index (χ4v) is 2.69. The molecule has 0 fully saturated rings. The van der Waals surface area contributed by atoms with E-state index in [1.165, 1.54) is 25.1 Å². The third-order valence-electron chi connectivity index (χ3n) is 1.81. The molecule has 5 nitrogen and oxygen atoms in total. The quantitative estimate of drug-likeness (QED) is 0.694. The van der Waals surface area contributed by atoms with Gasteiger partial charge >= 0.3 is 0 Å². The van der Waals surface area contributed by atoms with E-state index in [-0.39, 0.29) is 16.5 Å². The Balaban J connectivity index is 3.02. The van der Waals surface area contributed by atoms with Gasteiger partial charge in [0.05, 0.1) is 11.1 Å². The molecule has 0 heterocycles. The molecule has 0 bridgehead atoms. The van der Waals surface area contributed by atoms with Crippen LogP contribution in [0.15, 0.2) is 23.1 Å². The van der Waals surface area contributed by atoms with Gasteiger partial charge in [0.15, 0.2) is 0 Å². The zero-order valence-corrected chi connectivity index (χ0v) is 10.2. The number of benzene rings is 1. The van der Waals surface area contributed by atoms with Gasteiger partial charge in [0, 0.05) is 12.2 Å². The van der Waals surface area contributed by atoms with Crippen LogP contribution in [0.4, 0.5) is 5.69 Å². The molecule has 0 aromatic heterocycles. The van der Waals surface area contributed by atoms with E-state index < -0.39 is 16.1 Å². The normalized spacial score (nSPS) is 13.7. The zero-order valence-electron chi connectivity index (χ0n) is 8.64. The molecule has 0 saturated heterocycles. The molecule has 0 spiro atoms. The molecule has 0 aliphatic carbocycles. The molecular formula is C9H13ClN2O3S. The van der Waals surface area contributed by atoms with Crippen molar-refractivity contribution in [3.63, 3.8) is 0 Å². The summed E-state index contributed by atoms with van der Waals surface area (Å²) in [6, 6.07) is 4.19. The predicted octanol–water partition coefficient (Wildman–Crippen LogP) is 0.581. The van der Waals surface area contributed by atoms with Crippen molar-refractivity contribution in [2.75, 3.05) is 12.3 Å². The van der Waals surface area contributed by atoms with Gasteiger partial charge in [0.1, 0.15) is 4.90 Å². The summed E-state index contributed by atoms with van der Waals surface area (Å²) < 4.78 is 25.7. The molecular weight excluding hydrogens is 252 g/mol. The molecule has 90 valence electrons. The molecule has 1 aromatic carbocycles. The number of hydrogen-bond acceptors (Lipinski definition) is 4. The Morgan fingerprint density at radius 2 is 2.19 bits per heavy atom. The molecule has 4 N–H and O–H groups in total. The third kappa shape index (κ3) is 3.34. The van der Waals surface area contributed by atoms with Crippen molar-refractivity contribution in [3.8, 4) is 0 Å². The highest BCUT2D eigenvalue weighted by Gasteiger charge is 2.18.